The Hall–Kier alpha value is -1.88. The quantitative estimate of drug-likeness (QED) is 0.848. The lowest BCUT2D eigenvalue weighted by molar-refractivity contribution is 0.355. The van der Waals surface area contributed by atoms with Crippen molar-refractivity contribution in [2.75, 3.05) is 14.2 Å². The molecule has 0 saturated heterocycles. The van der Waals surface area contributed by atoms with Crippen LogP contribution in [0.15, 0.2) is 30.6 Å². The molecule has 2 aromatic rings. The third-order valence-corrected chi connectivity index (χ3v) is 2.56. The largest absolute Gasteiger partial charge is 0.493 e. The van der Waals surface area contributed by atoms with Crippen LogP contribution in [0.25, 0.3) is 11.3 Å². The van der Waals surface area contributed by atoms with Gasteiger partial charge in [-0.1, -0.05) is 12.2 Å². The average Bonchev–Trinajstić information content (AvgIpc) is 2.38. The number of aromatic amines is 1. The van der Waals surface area contributed by atoms with Crippen molar-refractivity contribution in [2.45, 2.75) is 0 Å². The van der Waals surface area contributed by atoms with Crippen molar-refractivity contribution in [3.63, 3.8) is 0 Å². The molecule has 0 spiro atoms. The summed E-state index contributed by atoms with van der Waals surface area (Å²) in [5.74, 6) is 1.37. The van der Waals surface area contributed by atoms with E-state index in [2.05, 4.69) is 9.97 Å². The molecule has 88 valence electrons. The molecule has 1 N–H and O–H groups in total. The molecule has 0 aliphatic rings. The average molecular weight is 248 g/mol. The Labute approximate surface area is 104 Å². The van der Waals surface area contributed by atoms with Crippen molar-refractivity contribution >= 4 is 12.2 Å². The van der Waals surface area contributed by atoms with Crippen LogP contribution < -0.4 is 9.47 Å². The van der Waals surface area contributed by atoms with E-state index in [0.717, 1.165) is 11.3 Å². The second kappa shape index (κ2) is 4.97. The normalized spacial score (nSPS) is 10.0. The van der Waals surface area contributed by atoms with Gasteiger partial charge in [0.2, 0.25) is 0 Å². The van der Waals surface area contributed by atoms with Crippen LogP contribution in [0.4, 0.5) is 0 Å². The monoisotopic (exact) mass is 248 g/mol. The maximum Gasteiger partial charge on any atom is 0.161 e. The molecule has 0 unspecified atom stereocenters. The lowest BCUT2D eigenvalue weighted by Gasteiger charge is -2.09. The fraction of sp³-hybridized carbons (Fsp3) is 0.167. The first-order chi connectivity index (χ1) is 8.24. The molecule has 1 aromatic heterocycles. The molecule has 0 saturated carbocycles. The van der Waals surface area contributed by atoms with Crippen LogP contribution in [-0.4, -0.2) is 24.2 Å². The third-order valence-electron chi connectivity index (χ3n) is 2.35. The molecule has 0 atom stereocenters. The molecule has 0 aliphatic heterocycles. The van der Waals surface area contributed by atoms with E-state index in [-0.39, 0.29) is 0 Å². The first-order valence-electron chi connectivity index (χ1n) is 5.01. The van der Waals surface area contributed by atoms with Crippen LogP contribution in [0.1, 0.15) is 0 Å². The predicted octanol–water partition coefficient (Wildman–Crippen LogP) is 2.82. The molecule has 0 amide bonds. The summed E-state index contributed by atoms with van der Waals surface area (Å²) in [6.07, 6.45) is 3.32. The van der Waals surface area contributed by atoms with E-state index in [4.69, 9.17) is 21.7 Å². The molecular formula is C12H12N2O2S. The number of benzene rings is 1. The maximum absolute atomic E-state index is 5.24. The van der Waals surface area contributed by atoms with Crippen LogP contribution in [0.3, 0.4) is 0 Å². The number of rotatable bonds is 3. The van der Waals surface area contributed by atoms with Crippen LogP contribution >= 0.6 is 12.2 Å². The van der Waals surface area contributed by atoms with Crippen LogP contribution in [-0.2, 0) is 0 Å². The van der Waals surface area contributed by atoms with Crippen molar-refractivity contribution in [3.8, 4) is 22.8 Å². The lowest BCUT2D eigenvalue weighted by Crippen LogP contribution is -1.92. The van der Waals surface area contributed by atoms with Crippen LogP contribution in [0.5, 0.6) is 11.5 Å². The molecule has 1 heterocycles. The van der Waals surface area contributed by atoms with Gasteiger partial charge in [-0.15, -0.1) is 0 Å². The van der Waals surface area contributed by atoms with E-state index < -0.39 is 0 Å². The van der Waals surface area contributed by atoms with Crippen molar-refractivity contribution in [3.05, 3.63) is 35.2 Å². The summed E-state index contributed by atoms with van der Waals surface area (Å²) in [4.78, 5) is 7.12. The molecule has 0 fully saturated rings. The highest BCUT2D eigenvalue weighted by atomic mass is 32.1. The Kier molecular flexibility index (Phi) is 3.39. The minimum atomic E-state index is 0.595. The SMILES string of the molecule is COc1ccc(-c2cncc(=S)[nH]2)cc1OC. The fourth-order valence-corrected chi connectivity index (χ4v) is 1.70. The van der Waals surface area contributed by atoms with Crippen molar-refractivity contribution in [1.82, 2.24) is 9.97 Å². The number of nitrogens with zero attached hydrogens (tertiary/aromatic N) is 1. The summed E-state index contributed by atoms with van der Waals surface area (Å²) in [6, 6.07) is 5.64. The highest BCUT2D eigenvalue weighted by Gasteiger charge is 2.06. The summed E-state index contributed by atoms with van der Waals surface area (Å²) in [5, 5.41) is 0. The number of H-pyrrole nitrogens is 1. The number of nitrogens with one attached hydrogen (secondary N) is 1. The molecule has 5 heteroatoms. The molecule has 0 radical (unpaired) electrons. The van der Waals surface area contributed by atoms with E-state index in [1.165, 1.54) is 0 Å². The predicted molar refractivity (Wildman–Crippen MR) is 68.0 cm³/mol. The third kappa shape index (κ3) is 2.45. The maximum atomic E-state index is 5.24. The molecule has 1 aromatic carbocycles. The summed E-state index contributed by atoms with van der Waals surface area (Å²) in [5.41, 5.74) is 1.79. The number of methoxy groups -OCH3 is 2. The van der Waals surface area contributed by atoms with Crippen molar-refractivity contribution in [1.29, 1.82) is 0 Å². The summed E-state index contributed by atoms with van der Waals surface area (Å²) in [6.45, 7) is 0. The molecule has 0 aliphatic carbocycles. The highest BCUT2D eigenvalue weighted by molar-refractivity contribution is 7.71. The van der Waals surface area contributed by atoms with Gasteiger partial charge in [-0.05, 0) is 18.2 Å². The summed E-state index contributed by atoms with van der Waals surface area (Å²) < 4.78 is 11.0. The smallest absolute Gasteiger partial charge is 0.161 e. The van der Waals surface area contributed by atoms with Gasteiger partial charge in [0, 0.05) is 5.56 Å². The Morgan fingerprint density at radius 1 is 1.12 bits per heavy atom. The van der Waals surface area contributed by atoms with E-state index in [1.54, 1.807) is 26.6 Å². The van der Waals surface area contributed by atoms with Crippen LogP contribution in [0.2, 0.25) is 0 Å². The van der Waals surface area contributed by atoms with Gasteiger partial charge < -0.3 is 14.5 Å². The zero-order valence-electron chi connectivity index (χ0n) is 9.56. The van der Waals surface area contributed by atoms with Gasteiger partial charge in [0.25, 0.3) is 0 Å². The summed E-state index contributed by atoms with van der Waals surface area (Å²) >= 11 is 5.04. The van der Waals surface area contributed by atoms with Crippen molar-refractivity contribution in [2.24, 2.45) is 0 Å². The number of ether oxygens (including phenoxy) is 2. The topological polar surface area (TPSA) is 47.1 Å². The highest BCUT2D eigenvalue weighted by Crippen LogP contribution is 2.31. The van der Waals surface area contributed by atoms with Gasteiger partial charge >= 0.3 is 0 Å². The van der Waals surface area contributed by atoms with E-state index in [1.807, 2.05) is 18.2 Å². The minimum Gasteiger partial charge on any atom is -0.493 e. The first kappa shape index (κ1) is 11.6. The van der Waals surface area contributed by atoms with Gasteiger partial charge in [0.15, 0.2) is 11.5 Å². The Morgan fingerprint density at radius 3 is 2.53 bits per heavy atom. The zero-order chi connectivity index (χ0) is 12.3. The van der Waals surface area contributed by atoms with Crippen molar-refractivity contribution < 1.29 is 9.47 Å². The lowest BCUT2D eigenvalue weighted by atomic mass is 10.1. The number of hydrogen-bond acceptors (Lipinski definition) is 4. The minimum absolute atomic E-state index is 0.595. The van der Waals surface area contributed by atoms with E-state index >= 15 is 0 Å². The second-order valence-electron chi connectivity index (χ2n) is 3.38. The zero-order valence-corrected chi connectivity index (χ0v) is 10.4. The summed E-state index contributed by atoms with van der Waals surface area (Å²) in [7, 11) is 3.21. The standard InChI is InChI=1S/C12H12N2O2S/c1-15-10-4-3-8(5-11(10)16-2)9-6-13-7-12(17)14-9/h3-7H,1-2H3,(H,14,17). The second-order valence-corrected chi connectivity index (χ2v) is 3.82. The number of aromatic nitrogens is 2. The van der Waals surface area contributed by atoms with Gasteiger partial charge in [-0.3, -0.25) is 4.98 Å². The Bertz CT molecular complexity index is 581. The van der Waals surface area contributed by atoms with Gasteiger partial charge in [0.1, 0.15) is 4.64 Å². The molecule has 0 bridgehead atoms. The molecule has 17 heavy (non-hydrogen) atoms. The van der Waals surface area contributed by atoms with Crippen LogP contribution in [0, 0.1) is 4.64 Å². The molecule has 4 nitrogen and oxygen atoms in total. The van der Waals surface area contributed by atoms with Gasteiger partial charge in [-0.2, -0.15) is 0 Å². The van der Waals surface area contributed by atoms with Gasteiger partial charge in [-0.25, -0.2) is 0 Å². The fourth-order valence-electron chi connectivity index (χ4n) is 1.53. The Balaban J connectivity index is 2.50. The number of hydrogen-bond donors (Lipinski definition) is 1. The van der Waals surface area contributed by atoms with E-state index in [9.17, 15) is 0 Å². The van der Waals surface area contributed by atoms with Gasteiger partial charge in [0.05, 0.1) is 32.3 Å². The molecular weight excluding hydrogens is 236 g/mol. The first-order valence-corrected chi connectivity index (χ1v) is 5.42. The molecule has 2 rings (SSSR count). The van der Waals surface area contributed by atoms with E-state index in [0.29, 0.717) is 16.1 Å². The Morgan fingerprint density at radius 2 is 1.88 bits per heavy atom.